The van der Waals surface area contributed by atoms with Gasteiger partial charge >= 0.3 is 0 Å². The first-order chi connectivity index (χ1) is 10.2. The van der Waals surface area contributed by atoms with Crippen molar-refractivity contribution in [3.8, 4) is 0 Å². The quantitative estimate of drug-likeness (QED) is 0.813. The fraction of sp³-hybridized carbons (Fsp3) is 0.688. The molecule has 0 radical (unpaired) electrons. The zero-order valence-corrected chi connectivity index (χ0v) is 13.0. The van der Waals surface area contributed by atoms with Crippen molar-refractivity contribution in [2.24, 2.45) is 5.73 Å². The average molecular weight is 293 g/mol. The van der Waals surface area contributed by atoms with E-state index in [9.17, 15) is 4.79 Å². The first-order valence-electron chi connectivity index (χ1n) is 7.97. The van der Waals surface area contributed by atoms with Gasteiger partial charge < -0.3 is 20.0 Å². The Bertz CT molecular complexity index is 444. The number of carbonyl (C=O) groups is 1. The molecule has 0 atom stereocenters. The molecule has 0 saturated carbocycles. The molecule has 0 unspecified atom stereocenters. The maximum Gasteiger partial charge on any atom is 0.257 e. The zero-order chi connectivity index (χ0) is 15.1. The summed E-state index contributed by atoms with van der Waals surface area (Å²) in [5, 5.41) is 0. The number of amides is 1. The smallest absolute Gasteiger partial charge is 0.257 e. The van der Waals surface area contributed by atoms with Gasteiger partial charge in [-0.15, -0.1) is 0 Å². The Kier molecular flexibility index (Phi) is 6.26. The minimum atomic E-state index is 0.0943. The number of furan rings is 1. The normalized spacial score (nSPS) is 17.0. The van der Waals surface area contributed by atoms with Crippen LogP contribution in [0, 0.1) is 6.92 Å². The van der Waals surface area contributed by atoms with E-state index in [2.05, 4.69) is 4.90 Å². The lowest BCUT2D eigenvalue weighted by Crippen LogP contribution is -2.35. The molecule has 2 N–H and O–H groups in total. The van der Waals surface area contributed by atoms with Gasteiger partial charge in [0.15, 0.2) is 0 Å². The Morgan fingerprint density at radius 3 is 2.81 bits per heavy atom. The second-order valence-corrected chi connectivity index (χ2v) is 5.78. The van der Waals surface area contributed by atoms with Crippen molar-refractivity contribution >= 4 is 5.91 Å². The van der Waals surface area contributed by atoms with E-state index in [4.69, 9.17) is 10.2 Å². The van der Waals surface area contributed by atoms with Gasteiger partial charge in [0.05, 0.1) is 5.56 Å². The fourth-order valence-electron chi connectivity index (χ4n) is 2.79. The van der Waals surface area contributed by atoms with Crippen LogP contribution in [0.25, 0.3) is 0 Å². The molecule has 5 heteroatoms. The van der Waals surface area contributed by atoms with Crippen molar-refractivity contribution in [2.75, 3.05) is 39.3 Å². The predicted molar refractivity (Wildman–Crippen MR) is 83.3 cm³/mol. The summed E-state index contributed by atoms with van der Waals surface area (Å²) >= 11 is 0. The van der Waals surface area contributed by atoms with Gasteiger partial charge in [-0.3, -0.25) is 4.79 Å². The van der Waals surface area contributed by atoms with E-state index >= 15 is 0 Å². The molecule has 1 fully saturated rings. The van der Waals surface area contributed by atoms with Crippen LogP contribution in [0.5, 0.6) is 0 Å². The lowest BCUT2D eigenvalue weighted by atomic mass is 10.2. The largest absolute Gasteiger partial charge is 0.469 e. The van der Waals surface area contributed by atoms with Crippen LogP contribution >= 0.6 is 0 Å². The molecule has 1 aromatic heterocycles. The molecule has 1 saturated heterocycles. The maximum absolute atomic E-state index is 12.4. The van der Waals surface area contributed by atoms with Crippen LogP contribution in [0.3, 0.4) is 0 Å². The van der Waals surface area contributed by atoms with E-state index in [1.54, 1.807) is 6.26 Å². The van der Waals surface area contributed by atoms with Gasteiger partial charge in [-0.1, -0.05) is 6.42 Å². The molecule has 21 heavy (non-hydrogen) atoms. The average Bonchev–Trinajstić information content (AvgIpc) is 2.78. The predicted octanol–water partition coefficient (Wildman–Crippen LogP) is 1.86. The molecule has 1 aliphatic heterocycles. The van der Waals surface area contributed by atoms with Gasteiger partial charge in [0.1, 0.15) is 12.0 Å². The molecule has 0 aliphatic carbocycles. The number of nitrogens with two attached hydrogens (primary N) is 1. The van der Waals surface area contributed by atoms with Crippen LogP contribution in [0.15, 0.2) is 16.7 Å². The highest BCUT2D eigenvalue weighted by Gasteiger charge is 2.21. The van der Waals surface area contributed by atoms with Crippen molar-refractivity contribution in [1.29, 1.82) is 0 Å². The number of hydrogen-bond acceptors (Lipinski definition) is 4. The zero-order valence-electron chi connectivity index (χ0n) is 13.0. The highest BCUT2D eigenvalue weighted by Crippen LogP contribution is 2.12. The Hall–Kier alpha value is -1.33. The summed E-state index contributed by atoms with van der Waals surface area (Å²) in [6, 6.07) is 1.82. The first kappa shape index (κ1) is 16.0. The number of carbonyl (C=O) groups excluding carboxylic acids is 1. The van der Waals surface area contributed by atoms with Crippen LogP contribution in [0.4, 0.5) is 0 Å². The van der Waals surface area contributed by atoms with E-state index in [1.165, 1.54) is 12.8 Å². The Morgan fingerprint density at radius 1 is 1.24 bits per heavy atom. The number of unbranched alkanes of at least 4 members (excludes halogenated alkanes) is 2. The summed E-state index contributed by atoms with van der Waals surface area (Å²) < 4.78 is 5.24. The number of nitrogens with zero attached hydrogens (tertiary/aromatic N) is 2. The molecule has 1 aliphatic rings. The molecule has 0 bridgehead atoms. The monoisotopic (exact) mass is 293 g/mol. The Balaban J connectivity index is 1.79. The third kappa shape index (κ3) is 4.86. The van der Waals surface area contributed by atoms with Crippen molar-refractivity contribution in [3.63, 3.8) is 0 Å². The van der Waals surface area contributed by atoms with Crippen LogP contribution in [0.2, 0.25) is 0 Å². The minimum absolute atomic E-state index is 0.0943. The Morgan fingerprint density at radius 2 is 2.10 bits per heavy atom. The van der Waals surface area contributed by atoms with Crippen LogP contribution in [-0.4, -0.2) is 55.0 Å². The fourth-order valence-corrected chi connectivity index (χ4v) is 2.79. The standard InChI is InChI=1S/C16H27N3O2/c1-14-12-15(13-21-14)16(20)19-9-5-8-18(10-11-19)7-4-2-3-6-17/h12-13H,2-11,17H2,1H3. The van der Waals surface area contributed by atoms with Crippen LogP contribution < -0.4 is 5.73 Å². The lowest BCUT2D eigenvalue weighted by Gasteiger charge is -2.21. The number of hydrogen-bond donors (Lipinski definition) is 1. The molecule has 0 spiro atoms. The third-order valence-electron chi connectivity index (χ3n) is 4.03. The lowest BCUT2D eigenvalue weighted by molar-refractivity contribution is 0.0760. The van der Waals surface area contributed by atoms with Gasteiger partial charge in [-0.2, -0.15) is 0 Å². The van der Waals surface area contributed by atoms with Crippen molar-refractivity contribution in [1.82, 2.24) is 9.80 Å². The van der Waals surface area contributed by atoms with E-state index in [0.29, 0.717) is 5.56 Å². The van der Waals surface area contributed by atoms with Gasteiger partial charge in [0.2, 0.25) is 0 Å². The summed E-state index contributed by atoms with van der Waals surface area (Å²) in [5.74, 6) is 0.881. The van der Waals surface area contributed by atoms with Crippen LogP contribution in [-0.2, 0) is 0 Å². The minimum Gasteiger partial charge on any atom is -0.469 e. The Labute approximate surface area is 127 Å². The number of aryl methyl sites for hydroxylation is 1. The second kappa shape index (κ2) is 8.20. The molecular weight excluding hydrogens is 266 g/mol. The van der Waals surface area contributed by atoms with Crippen molar-refractivity contribution in [3.05, 3.63) is 23.7 Å². The van der Waals surface area contributed by atoms with Gasteiger partial charge in [-0.25, -0.2) is 0 Å². The van der Waals surface area contributed by atoms with Gasteiger partial charge in [0.25, 0.3) is 5.91 Å². The molecule has 1 amide bonds. The summed E-state index contributed by atoms with van der Waals surface area (Å²) in [6.45, 7) is 7.45. The molecule has 2 rings (SSSR count). The molecule has 118 valence electrons. The number of rotatable bonds is 6. The molecule has 2 heterocycles. The van der Waals surface area contributed by atoms with Gasteiger partial charge in [0, 0.05) is 19.6 Å². The molecular formula is C16H27N3O2. The summed E-state index contributed by atoms with van der Waals surface area (Å²) in [7, 11) is 0. The van der Waals surface area contributed by atoms with Gasteiger partial charge in [-0.05, 0) is 51.9 Å². The maximum atomic E-state index is 12.4. The summed E-state index contributed by atoms with van der Waals surface area (Å²) in [6.07, 6.45) is 6.11. The topological polar surface area (TPSA) is 62.7 Å². The first-order valence-corrected chi connectivity index (χ1v) is 7.97. The van der Waals surface area contributed by atoms with E-state index in [1.807, 2.05) is 17.9 Å². The molecule has 5 nitrogen and oxygen atoms in total. The third-order valence-corrected chi connectivity index (χ3v) is 4.03. The molecule has 1 aromatic rings. The highest BCUT2D eigenvalue weighted by atomic mass is 16.3. The van der Waals surface area contributed by atoms with E-state index in [-0.39, 0.29) is 5.91 Å². The van der Waals surface area contributed by atoms with Crippen molar-refractivity contribution < 1.29 is 9.21 Å². The summed E-state index contributed by atoms with van der Waals surface area (Å²) in [4.78, 5) is 16.8. The second-order valence-electron chi connectivity index (χ2n) is 5.78. The summed E-state index contributed by atoms with van der Waals surface area (Å²) in [5.41, 5.74) is 6.19. The highest BCUT2D eigenvalue weighted by molar-refractivity contribution is 5.94. The SMILES string of the molecule is Cc1cc(C(=O)N2CCCN(CCCCCN)CC2)co1. The van der Waals surface area contributed by atoms with E-state index < -0.39 is 0 Å². The van der Waals surface area contributed by atoms with Crippen molar-refractivity contribution in [2.45, 2.75) is 32.6 Å². The molecule has 0 aromatic carbocycles. The van der Waals surface area contributed by atoms with Crippen LogP contribution in [0.1, 0.15) is 41.8 Å². The van der Waals surface area contributed by atoms with E-state index in [0.717, 1.165) is 57.9 Å².